The van der Waals surface area contributed by atoms with E-state index < -0.39 is 0 Å². The highest BCUT2D eigenvalue weighted by Crippen LogP contribution is 2.40. The van der Waals surface area contributed by atoms with Crippen molar-refractivity contribution >= 4 is 5.91 Å². The number of hydrogen-bond donors (Lipinski definition) is 0. The summed E-state index contributed by atoms with van der Waals surface area (Å²) in [5, 5.41) is 0. The second-order valence-corrected chi connectivity index (χ2v) is 7.14. The highest BCUT2D eigenvalue weighted by molar-refractivity contribution is 5.78. The smallest absolute Gasteiger partial charge is 0.225 e. The first-order chi connectivity index (χ1) is 11.2. The standard InChI is InChI=1S/C18H29NO4/c1-3-8-22-13-14-10-15-16(11-14)23-9-7-19(15)17(20)12-18(21-2)5-4-6-18/h3,14-16H,1,4-13H2,2H3. The zero-order valence-corrected chi connectivity index (χ0v) is 14.2. The lowest BCUT2D eigenvalue weighted by molar-refractivity contribution is -0.155. The number of ether oxygens (including phenoxy) is 3. The number of fused-ring (bicyclic) bond motifs is 1. The number of methoxy groups -OCH3 is 1. The minimum Gasteiger partial charge on any atom is -0.378 e. The Hall–Kier alpha value is -0.910. The van der Waals surface area contributed by atoms with E-state index in [0.29, 0.717) is 32.1 Å². The molecule has 1 saturated heterocycles. The average molecular weight is 323 g/mol. The van der Waals surface area contributed by atoms with Gasteiger partial charge < -0.3 is 19.1 Å². The molecule has 0 radical (unpaired) electrons. The normalized spacial score (nSPS) is 32.2. The van der Waals surface area contributed by atoms with Crippen molar-refractivity contribution in [3.63, 3.8) is 0 Å². The Balaban J connectivity index is 1.57. The summed E-state index contributed by atoms with van der Waals surface area (Å²) in [4.78, 5) is 14.9. The van der Waals surface area contributed by atoms with E-state index in [1.165, 1.54) is 6.42 Å². The first-order valence-corrected chi connectivity index (χ1v) is 8.82. The van der Waals surface area contributed by atoms with E-state index in [1.807, 2.05) is 0 Å². The fourth-order valence-corrected chi connectivity index (χ4v) is 4.22. The van der Waals surface area contributed by atoms with Gasteiger partial charge >= 0.3 is 0 Å². The first-order valence-electron chi connectivity index (χ1n) is 8.82. The van der Waals surface area contributed by atoms with Crippen molar-refractivity contribution in [2.75, 3.05) is 33.5 Å². The number of carbonyl (C=O) groups excluding carboxylic acids is 1. The summed E-state index contributed by atoms with van der Waals surface area (Å²) in [5.41, 5.74) is -0.198. The van der Waals surface area contributed by atoms with Gasteiger partial charge in [-0.1, -0.05) is 6.08 Å². The van der Waals surface area contributed by atoms with Gasteiger partial charge in [0, 0.05) is 20.3 Å². The molecule has 0 N–H and O–H groups in total. The fourth-order valence-electron chi connectivity index (χ4n) is 4.22. The summed E-state index contributed by atoms with van der Waals surface area (Å²) in [6.07, 6.45) is 7.61. The number of rotatable bonds is 7. The van der Waals surface area contributed by atoms with Gasteiger partial charge in [-0.05, 0) is 38.0 Å². The molecule has 3 atom stereocenters. The van der Waals surface area contributed by atoms with Crippen LogP contribution in [-0.4, -0.2) is 62.0 Å². The minimum absolute atomic E-state index is 0.171. The quantitative estimate of drug-likeness (QED) is 0.532. The molecule has 5 nitrogen and oxygen atoms in total. The molecule has 1 amide bonds. The van der Waals surface area contributed by atoms with Crippen molar-refractivity contribution in [2.45, 2.75) is 56.3 Å². The molecule has 0 aromatic heterocycles. The fraction of sp³-hybridized carbons (Fsp3) is 0.833. The Bertz CT molecular complexity index is 429. The Morgan fingerprint density at radius 3 is 2.91 bits per heavy atom. The number of morpholine rings is 1. The zero-order valence-electron chi connectivity index (χ0n) is 14.2. The SMILES string of the molecule is C=CCOCC1CC2OCCN(C(=O)CC3(OC)CCC3)C2C1. The number of hydrogen-bond acceptors (Lipinski definition) is 4. The van der Waals surface area contributed by atoms with Gasteiger partial charge in [-0.2, -0.15) is 0 Å². The number of nitrogens with zero attached hydrogens (tertiary/aromatic N) is 1. The summed E-state index contributed by atoms with van der Waals surface area (Å²) >= 11 is 0. The van der Waals surface area contributed by atoms with Crippen molar-refractivity contribution in [1.82, 2.24) is 4.90 Å². The molecule has 5 heteroatoms. The molecule has 3 aliphatic rings. The number of carbonyl (C=O) groups is 1. The molecule has 0 spiro atoms. The molecule has 2 saturated carbocycles. The minimum atomic E-state index is -0.198. The van der Waals surface area contributed by atoms with Gasteiger partial charge in [0.25, 0.3) is 0 Å². The summed E-state index contributed by atoms with van der Waals surface area (Å²) < 4.78 is 17.1. The van der Waals surface area contributed by atoms with Crippen LogP contribution in [0.15, 0.2) is 12.7 Å². The molecule has 0 aromatic carbocycles. The Labute approximate surface area is 138 Å². The summed E-state index contributed by atoms with van der Waals surface area (Å²) in [6, 6.07) is 0.211. The predicted molar refractivity (Wildman–Crippen MR) is 87.2 cm³/mol. The molecule has 0 aromatic rings. The van der Waals surface area contributed by atoms with Crippen LogP contribution >= 0.6 is 0 Å². The van der Waals surface area contributed by atoms with Gasteiger partial charge in [0.15, 0.2) is 0 Å². The molecule has 3 unspecified atom stereocenters. The zero-order chi connectivity index (χ0) is 16.3. The largest absolute Gasteiger partial charge is 0.378 e. The second kappa shape index (κ2) is 7.32. The maximum absolute atomic E-state index is 12.8. The molecular weight excluding hydrogens is 294 g/mol. The third-order valence-corrected chi connectivity index (χ3v) is 5.71. The summed E-state index contributed by atoms with van der Waals surface area (Å²) in [6.45, 7) is 6.35. The van der Waals surface area contributed by atoms with E-state index in [0.717, 1.165) is 32.3 Å². The van der Waals surface area contributed by atoms with Gasteiger partial charge in [0.05, 0.1) is 37.4 Å². The highest BCUT2D eigenvalue weighted by Gasteiger charge is 2.46. The van der Waals surface area contributed by atoms with Gasteiger partial charge in [0.2, 0.25) is 5.91 Å². The third-order valence-electron chi connectivity index (χ3n) is 5.71. The van der Waals surface area contributed by atoms with E-state index >= 15 is 0 Å². The topological polar surface area (TPSA) is 48.0 Å². The van der Waals surface area contributed by atoms with Gasteiger partial charge in [-0.3, -0.25) is 4.79 Å². The van der Waals surface area contributed by atoms with Crippen LogP contribution in [0, 0.1) is 5.92 Å². The molecule has 1 heterocycles. The third kappa shape index (κ3) is 3.62. The predicted octanol–water partition coefficient (Wildman–Crippen LogP) is 2.15. The second-order valence-electron chi connectivity index (χ2n) is 7.14. The molecule has 23 heavy (non-hydrogen) atoms. The van der Waals surface area contributed by atoms with Crippen LogP contribution in [0.4, 0.5) is 0 Å². The van der Waals surface area contributed by atoms with Crippen molar-refractivity contribution in [3.8, 4) is 0 Å². The van der Waals surface area contributed by atoms with Crippen LogP contribution in [0.2, 0.25) is 0 Å². The average Bonchev–Trinajstić information content (AvgIpc) is 2.93. The van der Waals surface area contributed by atoms with E-state index in [1.54, 1.807) is 13.2 Å². The van der Waals surface area contributed by atoms with Crippen molar-refractivity contribution in [1.29, 1.82) is 0 Å². The van der Waals surface area contributed by atoms with Crippen LogP contribution in [-0.2, 0) is 19.0 Å². The molecule has 3 rings (SSSR count). The summed E-state index contributed by atoms with van der Waals surface area (Å²) in [7, 11) is 1.73. The van der Waals surface area contributed by atoms with Crippen LogP contribution < -0.4 is 0 Å². The lowest BCUT2D eigenvalue weighted by Gasteiger charge is -2.43. The van der Waals surface area contributed by atoms with Crippen LogP contribution in [0.1, 0.15) is 38.5 Å². The van der Waals surface area contributed by atoms with E-state index in [9.17, 15) is 4.79 Å². The monoisotopic (exact) mass is 323 g/mol. The Kier molecular flexibility index (Phi) is 5.39. The molecule has 0 bridgehead atoms. The van der Waals surface area contributed by atoms with Crippen LogP contribution in [0.25, 0.3) is 0 Å². The lowest BCUT2D eigenvalue weighted by Crippen LogP contribution is -2.54. The van der Waals surface area contributed by atoms with E-state index in [2.05, 4.69) is 11.5 Å². The Morgan fingerprint density at radius 2 is 2.26 bits per heavy atom. The van der Waals surface area contributed by atoms with Gasteiger partial charge in [-0.25, -0.2) is 0 Å². The lowest BCUT2D eigenvalue weighted by atomic mass is 9.77. The first kappa shape index (κ1) is 16.9. The maximum Gasteiger partial charge on any atom is 0.225 e. The molecule has 2 aliphatic carbocycles. The molecular formula is C18H29NO4. The van der Waals surface area contributed by atoms with Crippen molar-refractivity contribution in [2.24, 2.45) is 5.92 Å². The van der Waals surface area contributed by atoms with Crippen molar-refractivity contribution in [3.05, 3.63) is 12.7 Å². The van der Waals surface area contributed by atoms with Gasteiger partial charge in [-0.15, -0.1) is 6.58 Å². The molecule has 130 valence electrons. The van der Waals surface area contributed by atoms with E-state index in [4.69, 9.17) is 14.2 Å². The molecule has 1 aliphatic heterocycles. The maximum atomic E-state index is 12.8. The van der Waals surface area contributed by atoms with E-state index in [-0.39, 0.29) is 23.7 Å². The number of amides is 1. The van der Waals surface area contributed by atoms with Crippen LogP contribution in [0.3, 0.4) is 0 Å². The molecule has 3 fully saturated rings. The van der Waals surface area contributed by atoms with Crippen molar-refractivity contribution < 1.29 is 19.0 Å². The summed E-state index contributed by atoms with van der Waals surface area (Å²) in [5.74, 6) is 0.705. The van der Waals surface area contributed by atoms with Gasteiger partial charge in [0.1, 0.15) is 0 Å². The van der Waals surface area contributed by atoms with Crippen LogP contribution in [0.5, 0.6) is 0 Å². The highest BCUT2D eigenvalue weighted by atomic mass is 16.5. The Morgan fingerprint density at radius 1 is 1.43 bits per heavy atom.